The van der Waals surface area contributed by atoms with Crippen molar-refractivity contribution >= 4 is 37.4 Å². The average Bonchev–Trinajstić information content (AvgIpc) is 3.18. The van der Waals surface area contributed by atoms with Gasteiger partial charge in [-0.05, 0) is 77.0 Å². The predicted octanol–water partition coefficient (Wildman–Crippen LogP) is 5.52. The van der Waals surface area contributed by atoms with Gasteiger partial charge in [-0.25, -0.2) is 0 Å². The summed E-state index contributed by atoms with van der Waals surface area (Å²) < 4.78 is 2.63. The van der Waals surface area contributed by atoms with Gasteiger partial charge in [-0.2, -0.15) is 0 Å². The lowest BCUT2D eigenvalue weighted by atomic mass is 10.1. The van der Waals surface area contributed by atoms with Crippen LogP contribution in [0.4, 0.5) is 0 Å². The summed E-state index contributed by atoms with van der Waals surface area (Å²) in [5, 5.41) is 7.37. The van der Waals surface area contributed by atoms with Crippen molar-refractivity contribution in [2.75, 3.05) is 6.54 Å². The summed E-state index contributed by atoms with van der Waals surface area (Å²) >= 11 is 5.51. The fourth-order valence-electron chi connectivity index (χ4n) is 2.66. The van der Waals surface area contributed by atoms with Gasteiger partial charge in [0.2, 0.25) is 0 Å². The van der Waals surface area contributed by atoms with E-state index in [-0.39, 0.29) is 0 Å². The van der Waals surface area contributed by atoms with E-state index in [1.165, 1.54) is 71.6 Å². The first-order valence-electron chi connectivity index (χ1n) is 7.72. The number of thiophene rings is 1. The molecule has 20 heavy (non-hydrogen) atoms. The van der Waals surface area contributed by atoms with Crippen LogP contribution in [0.5, 0.6) is 0 Å². The second kappa shape index (κ2) is 7.06. The largest absolute Gasteiger partial charge is 0.314 e. The predicted molar refractivity (Wildman–Crippen MR) is 92.7 cm³/mol. The molecule has 1 N–H and O–H groups in total. The summed E-state index contributed by atoms with van der Waals surface area (Å²) in [4.78, 5) is 0. The van der Waals surface area contributed by atoms with Gasteiger partial charge in [-0.3, -0.25) is 0 Å². The lowest BCUT2D eigenvalue weighted by Crippen LogP contribution is -2.17. The highest BCUT2D eigenvalue weighted by Crippen LogP contribution is 2.32. The Bertz CT molecular complexity index is 559. The van der Waals surface area contributed by atoms with Gasteiger partial charge in [-0.1, -0.05) is 25.0 Å². The molecule has 1 aromatic heterocycles. The molecular formula is C17H22BrNS. The summed E-state index contributed by atoms with van der Waals surface area (Å²) in [7, 11) is 0. The Labute approximate surface area is 133 Å². The van der Waals surface area contributed by atoms with Crippen molar-refractivity contribution in [3.63, 3.8) is 0 Å². The SMILES string of the molecule is Brc1cccc2c(CCCCCCNC3CC3)csc12. The van der Waals surface area contributed by atoms with Crippen LogP contribution in [0.1, 0.15) is 44.1 Å². The van der Waals surface area contributed by atoms with E-state index in [1.54, 1.807) is 0 Å². The summed E-state index contributed by atoms with van der Waals surface area (Å²) in [5.74, 6) is 0. The molecule has 1 aliphatic rings. The summed E-state index contributed by atoms with van der Waals surface area (Å²) in [6.45, 7) is 1.22. The van der Waals surface area contributed by atoms with E-state index >= 15 is 0 Å². The summed E-state index contributed by atoms with van der Waals surface area (Å²) in [6, 6.07) is 7.40. The highest BCUT2D eigenvalue weighted by molar-refractivity contribution is 9.10. The highest BCUT2D eigenvalue weighted by Gasteiger charge is 2.19. The van der Waals surface area contributed by atoms with Crippen LogP contribution >= 0.6 is 27.3 Å². The molecule has 3 rings (SSSR count). The Morgan fingerprint density at radius 3 is 2.85 bits per heavy atom. The number of aryl methyl sites for hydroxylation is 1. The zero-order chi connectivity index (χ0) is 13.8. The third-order valence-electron chi connectivity index (χ3n) is 4.02. The quantitative estimate of drug-likeness (QED) is 0.617. The van der Waals surface area contributed by atoms with E-state index in [1.807, 2.05) is 11.3 Å². The molecular weight excluding hydrogens is 330 g/mol. The first kappa shape index (κ1) is 14.6. The van der Waals surface area contributed by atoms with Crippen molar-refractivity contribution in [3.8, 4) is 0 Å². The van der Waals surface area contributed by atoms with E-state index in [0.29, 0.717) is 0 Å². The molecule has 0 aliphatic heterocycles. The standard InChI is InChI=1S/C17H22BrNS/c18-16-8-5-7-15-13(12-20-17(15)16)6-3-1-2-4-11-19-14-9-10-14/h5,7-8,12,14,19H,1-4,6,9-11H2. The molecule has 0 unspecified atom stereocenters. The van der Waals surface area contributed by atoms with E-state index in [2.05, 4.69) is 44.8 Å². The maximum absolute atomic E-state index is 3.64. The average molecular weight is 352 g/mol. The second-order valence-corrected chi connectivity index (χ2v) is 7.50. The number of nitrogens with one attached hydrogen (secondary N) is 1. The molecule has 0 atom stereocenters. The van der Waals surface area contributed by atoms with Gasteiger partial charge in [0.05, 0.1) is 0 Å². The smallest absolute Gasteiger partial charge is 0.0487 e. The molecule has 0 bridgehead atoms. The molecule has 0 radical (unpaired) electrons. The van der Waals surface area contributed by atoms with Crippen molar-refractivity contribution < 1.29 is 0 Å². The molecule has 0 amide bonds. The van der Waals surface area contributed by atoms with E-state index in [4.69, 9.17) is 0 Å². The molecule has 1 heterocycles. The zero-order valence-corrected chi connectivity index (χ0v) is 14.2. The Morgan fingerprint density at radius 2 is 2.00 bits per heavy atom. The Balaban J connectivity index is 1.39. The first-order valence-corrected chi connectivity index (χ1v) is 9.40. The molecule has 1 saturated carbocycles. The van der Waals surface area contributed by atoms with Crippen molar-refractivity contribution in [1.29, 1.82) is 0 Å². The van der Waals surface area contributed by atoms with Crippen LogP contribution in [0.25, 0.3) is 10.1 Å². The minimum Gasteiger partial charge on any atom is -0.314 e. The number of hydrogen-bond donors (Lipinski definition) is 1. The number of halogens is 1. The van der Waals surface area contributed by atoms with E-state index in [0.717, 1.165) is 6.04 Å². The van der Waals surface area contributed by atoms with Gasteiger partial charge in [0.1, 0.15) is 0 Å². The summed E-state index contributed by atoms with van der Waals surface area (Å²) in [6.07, 6.45) is 9.42. The van der Waals surface area contributed by atoms with Crippen LogP contribution in [-0.4, -0.2) is 12.6 Å². The molecule has 3 heteroatoms. The minimum atomic E-state index is 0.866. The number of rotatable bonds is 8. The topological polar surface area (TPSA) is 12.0 Å². The Hall–Kier alpha value is -0.380. The third-order valence-corrected chi connectivity index (χ3v) is 6.02. The fourth-order valence-corrected chi connectivity index (χ4v) is 4.31. The Morgan fingerprint density at radius 1 is 1.15 bits per heavy atom. The van der Waals surface area contributed by atoms with Crippen LogP contribution < -0.4 is 5.32 Å². The van der Waals surface area contributed by atoms with Gasteiger partial charge in [0.15, 0.2) is 0 Å². The first-order chi connectivity index (χ1) is 9.84. The molecule has 108 valence electrons. The molecule has 1 nitrogen and oxygen atoms in total. The molecule has 1 fully saturated rings. The van der Waals surface area contributed by atoms with Gasteiger partial charge in [0, 0.05) is 15.2 Å². The molecule has 1 aliphatic carbocycles. The van der Waals surface area contributed by atoms with Crippen molar-refractivity contribution in [3.05, 3.63) is 33.6 Å². The summed E-state index contributed by atoms with van der Waals surface area (Å²) in [5.41, 5.74) is 1.53. The molecule has 1 aromatic carbocycles. The minimum absolute atomic E-state index is 0.866. The van der Waals surface area contributed by atoms with Crippen LogP contribution in [0.15, 0.2) is 28.1 Å². The number of unbranched alkanes of at least 4 members (excludes halogenated alkanes) is 3. The van der Waals surface area contributed by atoms with Crippen LogP contribution in [0, 0.1) is 0 Å². The van der Waals surface area contributed by atoms with Gasteiger partial charge in [0.25, 0.3) is 0 Å². The molecule has 0 saturated heterocycles. The van der Waals surface area contributed by atoms with Crippen molar-refractivity contribution in [2.45, 2.75) is 51.0 Å². The van der Waals surface area contributed by atoms with Gasteiger partial charge in [-0.15, -0.1) is 11.3 Å². The van der Waals surface area contributed by atoms with Crippen molar-refractivity contribution in [1.82, 2.24) is 5.32 Å². The fraction of sp³-hybridized carbons (Fsp3) is 0.529. The zero-order valence-electron chi connectivity index (χ0n) is 11.8. The normalized spacial score (nSPS) is 15.1. The molecule has 0 spiro atoms. The monoisotopic (exact) mass is 351 g/mol. The maximum atomic E-state index is 3.64. The van der Waals surface area contributed by atoms with Crippen LogP contribution in [0.2, 0.25) is 0 Å². The van der Waals surface area contributed by atoms with Crippen LogP contribution in [-0.2, 0) is 6.42 Å². The van der Waals surface area contributed by atoms with E-state index < -0.39 is 0 Å². The number of hydrogen-bond acceptors (Lipinski definition) is 2. The third kappa shape index (κ3) is 3.84. The molecule has 2 aromatic rings. The highest BCUT2D eigenvalue weighted by atomic mass is 79.9. The maximum Gasteiger partial charge on any atom is 0.0487 e. The Kier molecular flexibility index (Phi) is 5.14. The number of fused-ring (bicyclic) bond motifs is 1. The lowest BCUT2D eigenvalue weighted by Gasteiger charge is -2.03. The second-order valence-electron chi connectivity index (χ2n) is 5.77. The van der Waals surface area contributed by atoms with Crippen LogP contribution in [0.3, 0.4) is 0 Å². The van der Waals surface area contributed by atoms with Gasteiger partial charge >= 0.3 is 0 Å². The van der Waals surface area contributed by atoms with Crippen molar-refractivity contribution in [2.24, 2.45) is 0 Å². The van der Waals surface area contributed by atoms with Gasteiger partial charge < -0.3 is 5.32 Å². The number of benzene rings is 1. The van der Waals surface area contributed by atoms with E-state index in [9.17, 15) is 0 Å². The lowest BCUT2D eigenvalue weighted by molar-refractivity contribution is 0.586.